The lowest BCUT2D eigenvalue weighted by atomic mass is 9.49. The van der Waals surface area contributed by atoms with E-state index in [4.69, 9.17) is 16.3 Å². The number of aliphatic hydroxyl groups is 1. The van der Waals surface area contributed by atoms with E-state index in [1.165, 1.54) is 9.80 Å². The van der Waals surface area contributed by atoms with E-state index in [1.807, 2.05) is 54.6 Å². The number of carbonyl (C=O) groups excluding carboxylic acids is 4. The molecule has 0 spiro atoms. The topological polar surface area (TPSA) is 104 Å². The van der Waals surface area contributed by atoms with Crippen LogP contribution in [0.2, 0.25) is 5.02 Å². The quantitative estimate of drug-likeness (QED) is 0.164. The van der Waals surface area contributed by atoms with Crippen molar-refractivity contribution in [2.24, 2.45) is 23.7 Å². The molecule has 2 saturated heterocycles. The van der Waals surface area contributed by atoms with Crippen molar-refractivity contribution in [2.75, 3.05) is 23.0 Å². The average molecular weight is 752 g/mol. The number of hydrogen-bond acceptors (Lipinski definition) is 6. The summed E-state index contributed by atoms with van der Waals surface area (Å²) in [5, 5.41) is 10.1. The monoisotopic (exact) mass is 750 g/mol. The Kier molecular flexibility index (Phi) is 8.25. The molecule has 0 radical (unpaired) electrons. The molecule has 2 aliphatic heterocycles. The largest absolute Gasteiger partial charge is 0.491 e. The van der Waals surface area contributed by atoms with Gasteiger partial charge in [-0.15, -0.1) is 0 Å². The molecular weight excluding hydrogens is 720 g/mol. The number of carbonyl (C=O) groups is 4. The molecule has 4 amide bonds. The Morgan fingerprint density at radius 2 is 1.54 bits per heavy atom. The van der Waals surface area contributed by atoms with Gasteiger partial charge in [0.25, 0.3) is 0 Å². The Labute approximate surface area is 302 Å². The molecule has 0 bridgehead atoms. The minimum absolute atomic E-state index is 0.0231. The number of imide groups is 2. The highest BCUT2D eigenvalue weighted by Gasteiger charge is 2.70. The molecule has 10 heteroatoms. The van der Waals surface area contributed by atoms with Gasteiger partial charge in [0.1, 0.15) is 12.4 Å². The number of para-hydroxylation sites is 1. The predicted molar refractivity (Wildman–Crippen MR) is 192 cm³/mol. The van der Waals surface area contributed by atoms with E-state index in [0.717, 1.165) is 10.0 Å². The van der Waals surface area contributed by atoms with E-state index in [0.29, 0.717) is 39.7 Å². The van der Waals surface area contributed by atoms with Gasteiger partial charge in [-0.05, 0) is 72.9 Å². The van der Waals surface area contributed by atoms with E-state index in [1.54, 1.807) is 54.6 Å². The molecule has 0 aromatic heterocycles. The lowest BCUT2D eigenvalue weighted by molar-refractivity contribution is -0.127. The predicted octanol–water partition coefficient (Wildman–Crippen LogP) is 6.84. The third kappa shape index (κ3) is 4.81. The zero-order valence-electron chi connectivity index (χ0n) is 26.7. The summed E-state index contributed by atoms with van der Waals surface area (Å²) in [4.78, 5) is 61.3. The van der Waals surface area contributed by atoms with Crippen LogP contribution in [0.3, 0.4) is 0 Å². The lowest BCUT2D eigenvalue weighted by Crippen LogP contribution is -2.53. The molecular formula is C40H32BrClN2O6. The second kappa shape index (κ2) is 12.6. The molecule has 1 N–H and O–H groups in total. The Hall–Kier alpha value is -4.57. The molecule has 3 fully saturated rings. The van der Waals surface area contributed by atoms with Crippen molar-refractivity contribution < 1.29 is 29.0 Å². The van der Waals surface area contributed by atoms with Gasteiger partial charge in [0.15, 0.2) is 0 Å². The number of ether oxygens (including phenoxy) is 1. The fourth-order valence-electron chi connectivity index (χ4n) is 8.94. The third-order valence-electron chi connectivity index (χ3n) is 10.8. The van der Waals surface area contributed by atoms with E-state index >= 15 is 4.79 Å². The Morgan fingerprint density at radius 3 is 2.28 bits per heavy atom. The normalized spacial score (nSPS) is 27.2. The van der Waals surface area contributed by atoms with Gasteiger partial charge in [0.2, 0.25) is 23.6 Å². The second-order valence-electron chi connectivity index (χ2n) is 13.2. The van der Waals surface area contributed by atoms with Gasteiger partial charge in [0.05, 0.1) is 41.2 Å². The molecule has 8 rings (SSSR count). The van der Waals surface area contributed by atoms with Crippen LogP contribution in [0.4, 0.5) is 11.4 Å². The molecule has 8 nitrogen and oxygen atoms in total. The number of nitrogens with zero attached hydrogens (tertiary/aromatic N) is 2. The summed E-state index contributed by atoms with van der Waals surface area (Å²) >= 11 is 9.84. The highest BCUT2D eigenvalue weighted by Crippen LogP contribution is 2.65. The van der Waals surface area contributed by atoms with Crippen molar-refractivity contribution in [3.63, 3.8) is 0 Å². The first-order valence-corrected chi connectivity index (χ1v) is 17.8. The minimum Gasteiger partial charge on any atom is -0.491 e. The number of anilines is 2. The summed E-state index contributed by atoms with van der Waals surface area (Å²) in [6, 6.07) is 30.5. The van der Waals surface area contributed by atoms with Crippen molar-refractivity contribution in [1.82, 2.24) is 0 Å². The van der Waals surface area contributed by atoms with Crippen molar-refractivity contribution in [3.05, 3.63) is 135 Å². The molecule has 4 aromatic rings. The number of hydrogen-bond donors (Lipinski definition) is 1. The summed E-state index contributed by atoms with van der Waals surface area (Å²) < 4.78 is 6.93. The molecule has 6 atom stereocenters. The number of benzene rings is 4. The average Bonchev–Trinajstić information content (AvgIpc) is 3.52. The molecule has 50 heavy (non-hydrogen) atoms. The van der Waals surface area contributed by atoms with Gasteiger partial charge in [-0.25, -0.2) is 4.90 Å². The van der Waals surface area contributed by atoms with Gasteiger partial charge >= 0.3 is 0 Å². The smallest absolute Gasteiger partial charge is 0.246 e. The van der Waals surface area contributed by atoms with E-state index in [-0.39, 0.29) is 37.4 Å². The molecule has 4 aromatic carbocycles. The van der Waals surface area contributed by atoms with Crippen LogP contribution in [0.15, 0.2) is 119 Å². The first-order chi connectivity index (χ1) is 24.3. The van der Waals surface area contributed by atoms with Gasteiger partial charge < -0.3 is 9.84 Å². The summed E-state index contributed by atoms with van der Waals surface area (Å²) in [6.45, 7) is -0.196. The SMILES string of the molecule is O=C1C2CC=C3C(CC4C(=O)N(c5cccc(Cl)c5)C(=O)C4(c4ccccc4)C3c3ccccc3OCCO)C2C(=O)N1c1ccc(Br)cc1. The van der Waals surface area contributed by atoms with E-state index < -0.39 is 40.9 Å². The standard InChI is InChI=1S/C40H32BrClN2O6/c41-24-13-15-26(16-14-24)43-36(46)30-18-17-28-31(34(30)38(43)48)22-32-37(47)44(27-10-6-9-25(42)21-27)39(49)40(32,23-7-2-1-3-8-23)35(28)29-11-4-5-12-33(29)50-20-19-45/h1-17,21,30-32,34-35,45H,18-20,22H2. The Balaban J connectivity index is 1.36. The highest BCUT2D eigenvalue weighted by molar-refractivity contribution is 9.10. The van der Waals surface area contributed by atoms with Crippen LogP contribution in [0.1, 0.15) is 29.9 Å². The second-order valence-corrected chi connectivity index (χ2v) is 14.5. The maximum absolute atomic E-state index is 15.4. The lowest BCUT2D eigenvalue weighted by Gasteiger charge is -2.51. The van der Waals surface area contributed by atoms with Crippen LogP contribution in [-0.2, 0) is 24.6 Å². The van der Waals surface area contributed by atoms with E-state index in [2.05, 4.69) is 15.9 Å². The maximum Gasteiger partial charge on any atom is 0.246 e. The molecule has 252 valence electrons. The first kappa shape index (κ1) is 32.6. The van der Waals surface area contributed by atoms with Crippen LogP contribution in [-0.4, -0.2) is 41.9 Å². The number of amides is 4. The molecule has 2 aliphatic carbocycles. The molecule has 2 heterocycles. The molecule has 1 saturated carbocycles. The zero-order valence-corrected chi connectivity index (χ0v) is 29.1. The summed E-state index contributed by atoms with van der Waals surface area (Å²) in [7, 11) is 0. The third-order valence-corrected chi connectivity index (χ3v) is 11.6. The van der Waals surface area contributed by atoms with Crippen molar-refractivity contribution in [3.8, 4) is 5.75 Å². The maximum atomic E-state index is 15.4. The van der Waals surface area contributed by atoms with Gasteiger partial charge in [-0.3, -0.25) is 24.1 Å². The summed E-state index contributed by atoms with van der Waals surface area (Å²) in [6.07, 6.45) is 2.52. The zero-order chi connectivity index (χ0) is 34.7. The van der Waals surface area contributed by atoms with Crippen LogP contribution in [0, 0.1) is 23.7 Å². The number of allylic oxidation sites excluding steroid dienone is 2. The summed E-state index contributed by atoms with van der Waals surface area (Å²) in [5.41, 5.74) is 1.60. The van der Waals surface area contributed by atoms with Crippen LogP contribution >= 0.6 is 27.5 Å². The van der Waals surface area contributed by atoms with Crippen LogP contribution in [0.25, 0.3) is 0 Å². The number of aliphatic hydroxyl groups excluding tert-OH is 1. The first-order valence-electron chi connectivity index (χ1n) is 16.6. The van der Waals surface area contributed by atoms with Crippen molar-refractivity contribution in [2.45, 2.75) is 24.2 Å². The fourth-order valence-corrected chi connectivity index (χ4v) is 9.39. The fraction of sp³-hybridized carbons (Fsp3) is 0.250. The minimum atomic E-state index is -1.43. The number of rotatable bonds is 7. The Bertz CT molecular complexity index is 2070. The highest BCUT2D eigenvalue weighted by atomic mass is 79.9. The molecule has 4 aliphatic rings. The van der Waals surface area contributed by atoms with Gasteiger partial charge in [0, 0.05) is 21.0 Å². The summed E-state index contributed by atoms with van der Waals surface area (Å²) in [5.74, 6) is -4.37. The van der Waals surface area contributed by atoms with E-state index in [9.17, 15) is 19.5 Å². The number of halogens is 2. The van der Waals surface area contributed by atoms with Crippen molar-refractivity contribution in [1.29, 1.82) is 0 Å². The van der Waals surface area contributed by atoms with Crippen LogP contribution < -0.4 is 14.5 Å². The Morgan fingerprint density at radius 1 is 0.800 bits per heavy atom. The van der Waals surface area contributed by atoms with Gasteiger partial charge in [-0.2, -0.15) is 0 Å². The van der Waals surface area contributed by atoms with Crippen LogP contribution in [0.5, 0.6) is 5.75 Å². The molecule has 6 unspecified atom stereocenters. The van der Waals surface area contributed by atoms with Crippen molar-refractivity contribution >= 4 is 62.5 Å². The van der Waals surface area contributed by atoms with Gasteiger partial charge in [-0.1, -0.05) is 93.8 Å². The number of fused-ring (bicyclic) bond motifs is 4.